The van der Waals surface area contributed by atoms with Gasteiger partial charge in [0.15, 0.2) is 0 Å². The van der Waals surface area contributed by atoms with Crippen LogP contribution in [0.4, 0.5) is 0 Å². The molecule has 0 heterocycles. The number of rotatable bonds is 0. The summed E-state index contributed by atoms with van der Waals surface area (Å²) in [5.41, 5.74) is 0. The Morgan fingerprint density at radius 3 is 0.800 bits per heavy atom. The lowest BCUT2D eigenvalue weighted by Gasteiger charge is -2.35. The molecule has 62 valence electrons. The lowest BCUT2D eigenvalue weighted by molar-refractivity contribution is 0.176. The summed E-state index contributed by atoms with van der Waals surface area (Å²) >= 11 is 0. The Kier molecular flexibility index (Phi) is 3.91. The van der Waals surface area contributed by atoms with Crippen LogP contribution in [0.2, 0.25) is 0 Å². The zero-order chi connectivity index (χ0) is 5.40. The van der Waals surface area contributed by atoms with Crippen molar-refractivity contribution in [2.75, 3.05) is 0 Å². The molecule has 0 spiro atoms. The fourth-order valence-electron chi connectivity index (χ4n) is 2.28. The van der Waals surface area contributed by atoms with E-state index in [2.05, 4.69) is 0 Å². The Labute approximate surface area is 63.6 Å². The van der Waals surface area contributed by atoms with Crippen molar-refractivity contribution in [2.24, 2.45) is 11.8 Å². The number of hydrogen-bond donors (Lipinski definition) is 2. The maximum absolute atomic E-state index is 1.56. The van der Waals surface area contributed by atoms with Crippen molar-refractivity contribution in [3.05, 3.63) is 0 Å². The maximum Gasteiger partial charge on any atom is -0.0414 e. The highest BCUT2D eigenvalue weighted by atomic mass is 14.3. The fourth-order valence-corrected chi connectivity index (χ4v) is 2.28. The monoisotopic (exact) mass is 144 g/mol. The minimum absolute atomic E-state index is 0. The molecule has 2 bridgehead atoms. The Balaban J connectivity index is 0.000000405. The van der Waals surface area contributed by atoms with E-state index in [0.29, 0.717) is 0 Å². The van der Waals surface area contributed by atoms with Gasteiger partial charge < -0.3 is 12.3 Å². The molecule has 0 saturated heterocycles. The van der Waals surface area contributed by atoms with Gasteiger partial charge in [-0.2, -0.15) is 0 Å². The van der Waals surface area contributed by atoms with Crippen molar-refractivity contribution < 1.29 is 0 Å². The van der Waals surface area contributed by atoms with E-state index in [1.54, 1.807) is 38.5 Å². The molecule has 0 aromatic rings. The van der Waals surface area contributed by atoms with Crippen LogP contribution in [0.1, 0.15) is 38.5 Å². The van der Waals surface area contributed by atoms with Gasteiger partial charge in [-0.3, -0.25) is 0 Å². The first-order valence-electron chi connectivity index (χ1n) is 3.95. The smallest absolute Gasteiger partial charge is 0.0414 e. The first kappa shape index (κ1) is 9.92. The van der Waals surface area contributed by atoms with Gasteiger partial charge in [0.1, 0.15) is 0 Å². The van der Waals surface area contributed by atoms with E-state index in [1.807, 2.05) is 0 Å². The summed E-state index contributed by atoms with van der Waals surface area (Å²) in [6.45, 7) is 0. The molecule has 0 aromatic heterocycles. The average Bonchev–Trinajstić information content (AvgIpc) is 1.92. The summed E-state index contributed by atoms with van der Waals surface area (Å²) in [4.78, 5) is 0. The van der Waals surface area contributed by atoms with E-state index in [0.717, 1.165) is 11.8 Å². The van der Waals surface area contributed by atoms with Crippen molar-refractivity contribution in [1.29, 1.82) is 0 Å². The van der Waals surface area contributed by atoms with Gasteiger partial charge in [0.05, 0.1) is 0 Å². The van der Waals surface area contributed by atoms with Gasteiger partial charge in [-0.25, -0.2) is 0 Å². The topological polar surface area (TPSA) is 70.0 Å². The van der Waals surface area contributed by atoms with Crippen LogP contribution in [0.25, 0.3) is 0 Å². The molecule has 3 rings (SSSR count). The molecular weight excluding hydrogens is 124 g/mol. The molecular formula is C8H20N2. The highest BCUT2D eigenvalue weighted by Gasteiger charge is 2.26. The fraction of sp³-hybridized carbons (Fsp3) is 1.00. The van der Waals surface area contributed by atoms with Crippen LogP contribution in [0.3, 0.4) is 0 Å². The van der Waals surface area contributed by atoms with E-state index in [1.165, 1.54) is 0 Å². The normalized spacial score (nSPS) is 36.0. The van der Waals surface area contributed by atoms with Gasteiger partial charge in [0.2, 0.25) is 0 Å². The number of fused-ring (bicyclic) bond motifs is 3. The Morgan fingerprint density at radius 1 is 0.500 bits per heavy atom. The van der Waals surface area contributed by atoms with E-state index in [9.17, 15) is 0 Å². The highest BCUT2D eigenvalue weighted by Crippen LogP contribution is 2.40. The van der Waals surface area contributed by atoms with Crippen LogP contribution >= 0.6 is 0 Å². The molecule has 0 aliphatic heterocycles. The van der Waals surface area contributed by atoms with Gasteiger partial charge in [-0.1, -0.05) is 38.5 Å². The van der Waals surface area contributed by atoms with Crippen molar-refractivity contribution >= 4 is 0 Å². The second-order valence-corrected chi connectivity index (χ2v) is 3.46. The lowest BCUT2D eigenvalue weighted by Crippen LogP contribution is -2.21. The predicted octanol–water partition coefficient (Wildman–Crippen LogP) is 2.91. The van der Waals surface area contributed by atoms with Crippen molar-refractivity contribution in [3.63, 3.8) is 0 Å². The third-order valence-corrected chi connectivity index (χ3v) is 2.95. The van der Waals surface area contributed by atoms with Crippen LogP contribution in [0.15, 0.2) is 0 Å². The Bertz CT molecular complexity index is 62.2. The van der Waals surface area contributed by atoms with Crippen molar-refractivity contribution in [1.82, 2.24) is 12.3 Å². The standard InChI is InChI=1S/C8H14.2H3N/c1-2-8-5-3-7(1)4-6-8;;/h7-8H,1-6H2;2*1H3. The Morgan fingerprint density at radius 2 is 0.700 bits per heavy atom. The molecule has 6 N–H and O–H groups in total. The molecule has 0 radical (unpaired) electrons. The van der Waals surface area contributed by atoms with E-state index in [-0.39, 0.29) is 12.3 Å². The molecule has 0 atom stereocenters. The van der Waals surface area contributed by atoms with Gasteiger partial charge in [-0.15, -0.1) is 0 Å². The van der Waals surface area contributed by atoms with Crippen molar-refractivity contribution in [3.8, 4) is 0 Å². The summed E-state index contributed by atoms with van der Waals surface area (Å²) < 4.78 is 0. The summed E-state index contributed by atoms with van der Waals surface area (Å²) in [6, 6.07) is 0. The molecule has 2 heteroatoms. The SMILES string of the molecule is C1CC2CCC1CC2.N.N. The van der Waals surface area contributed by atoms with Crippen LogP contribution in [-0.2, 0) is 0 Å². The van der Waals surface area contributed by atoms with Gasteiger partial charge in [-0.05, 0) is 11.8 Å². The van der Waals surface area contributed by atoms with Crippen LogP contribution < -0.4 is 12.3 Å². The minimum Gasteiger partial charge on any atom is -0.344 e. The molecule has 3 aliphatic rings. The molecule has 3 saturated carbocycles. The highest BCUT2D eigenvalue weighted by molar-refractivity contribution is 4.79. The zero-order valence-electron chi connectivity index (χ0n) is 6.81. The zero-order valence-corrected chi connectivity index (χ0v) is 6.81. The molecule has 0 unspecified atom stereocenters. The average molecular weight is 144 g/mol. The summed E-state index contributed by atoms with van der Waals surface area (Å²) in [5, 5.41) is 0. The second-order valence-electron chi connectivity index (χ2n) is 3.46. The summed E-state index contributed by atoms with van der Waals surface area (Å²) in [5.74, 6) is 2.31. The van der Waals surface area contributed by atoms with Gasteiger partial charge in [0, 0.05) is 0 Å². The molecule has 10 heavy (non-hydrogen) atoms. The van der Waals surface area contributed by atoms with Gasteiger partial charge in [0.25, 0.3) is 0 Å². The van der Waals surface area contributed by atoms with E-state index >= 15 is 0 Å². The molecule has 2 nitrogen and oxygen atoms in total. The molecule has 3 fully saturated rings. The number of hydrogen-bond acceptors (Lipinski definition) is 2. The van der Waals surface area contributed by atoms with E-state index < -0.39 is 0 Å². The third kappa shape index (κ3) is 1.70. The third-order valence-electron chi connectivity index (χ3n) is 2.95. The Hall–Kier alpha value is -0.0800. The first-order chi connectivity index (χ1) is 3.95. The summed E-state index contributed by atoms with van der Waals surface area (Å²) in [7, 11) is 0. The van der Waals surface area contributed by atoms with Crippen LogP contribution in [0.5, 0.6) is 0 Å². The largest absolute Gasteiger partial charge is 0.344 e. The summed E-state index contributed by atoms with van der Waals surface area (Å²) in [6.07, 6.45) is 9.36. The minimum atomic E-state index is 0. The molecule has 3 aliphatic carbocycles. The van der Waals surface area contributed by atoms with E-state index in [4.69, 9.17) is 0 Å². The molecule has 0 aromatic carbocycles. The first-order valence-corrected chi connectivity index (χ1v) is 3.95. The van der Waals surface area contributed by atoms with Gasteiger partial charge >= 0.3 is 0 Å². The molecule has 0 amide bonds. The van der Waals surface area contributed by atoms with Crippen LogP contribution in [-0.4, -0.2) is 0 Å². The van der Waals surface area contributed by atoms with Crippen molar-refractivity contribution in [2.45, 2.75) is 38.5 Å². The maximum atomic E-state index is 1.56. The quantitative estimate of drug-likeness (QED) is 0.548. The van der Waals surface area contributed by atoms with Crippen LogP contribution in [0, 0.1) is 11.8 Å². The second kappa shape index (κ2) is 3.94. The lowest BCUT2D eigenvalue weighted by atomic mass is 9.71. The predicted molar refractivity (Wildman–Crippen MR) is 44.7 cm³/mol.